The molecular weight excluding hydrogens is 196 g/mol. The monoisotopic (exact) mass is 216 g/mol. The molecule has 14 heavy (non-hydrogen) atoms. The van der Waals surface area contributed by atoms with E-state index in [-0.39, 0.29) is 0 Å². The van der Waals surface area contributed by atoms with E-state index in [1.54, 1.807) is 7.11 Å². The van der Waals surface area contributed by atoms with Crippen molar-refractivity contribution in [2.75, 3.05) is 39.1 Å². The summed E-state index contributed by atoms with van der Waals surface area (Å²) in [6.07, 6.45) is 2.89. The highest BCUT2D eigenvalue weighted by molar-refractivity contribution is 7.80. The Morgan fingerprint density at radius 1 is 1.29 bits per heavy atom. The van der Waals surface area contributed by atoms with Gasteiger partial charge in [-0.05, 0) is 25.1 Å². The molecule has 0 saturated carbocycles. The van der Waals surface area contributed by atoms with Gasteiger partial charge in [-0.1, -0.05) is 0 Å². The van der Waals surface area contributed by atoms with E-state index < -0.39 is 0 Å². The molecule has 0 heterocycles. The third-order valence-electron chi connectivity index (χ3n) is 2.03. The summed E-state index contributed by atoms with van der Waals surface area (Å²) in [6.45, 7) is 3.56. The Labute approximate surface area is 92.4 Å². The van der Waals surface area contributed by atoms with Gasteiger partial charge in [-0.3, -0.25) is 0 Å². The van der Waals surface area contributed by atoms with Crippen LogP contribution in [-0.4, -0.2) is 44.0 Å². The third kappa shape index (κ3) is 8.36. The number of nitriles is 1. The van der Waals surface area contributed by atoms with E-state index in [1.165, 1.54) is 0 Å². The summed E-state index contributed by atoms with van der Waals surface area (Å²) in [5.41, 5.74) is 0. The molecule has 0 aromatic carbocycles. The van der Waals surface area contributed by atoms with Crippen LogP contribution in [0.1, 0.15) is 19.3 Å². The SMILES string of the molecule is COCCN(CCC#N)CCCCS. The van der Waals surface area contributed by atoms with Crippen molar-refractivity contribution in [3.63, 3.8) is 0 Å². The molecule has 3 nitrogen and oxygen atoms in total. The van der Waals surface area contributed by atoms with Gasteiger partial charge in [0.25, 0.3) is 0 Å². The van der Waals surface area contributed by atoms with E-state index in [9.17, 15) is 0 Å². The number of thiol groups is 1. The molecule has 0 amide bonds. The first kappa shape index (κ1) is 13.8. The number of unbranched alkanes of at least 4 members (excludes halogenated alkanes) is 1. The first-order valence-electron chi connectivity index (χ1n) is 5.04. The molecule has 82 valence electrons. The molecule has 0 radical (unpaired) electrons. The average Bonchev–Trinajstić information content (AvgIpc) is 2.21. The van der Waals surface area contributed by atoms with E-state index >= 15 is 0 Å². The lowest BCUT2D eigenvalue weighted by Gasteiger charge is -2.20. The maximum atomic E-state index is 8.49. The molecule has 0 aliphatic heterocycles. The van der Waals surface area contributed by atoms with Crippen molar-refractivity contribution in [1.82, 2.24) is 4.90 Å². The highest BCUT2D eigenvalue weighted by Gasteiger charge is 2.03. The van der Waals surface area contributed by atoms with Gasteiger partial charge in [0, 0.05) is 26.6 Å². The first-order valence-corrected chi connectivity index (χ1v) is 5.67. The van der Waals surface area contributed by atoms with Gasteiger partial charge in [0.05, 0.1) is 12.7 Å². The zero-order chi connectivity index (χ0) is 10.6. The molecule has 0 aromatic heterocycles. The van der Waals surface area contributed by atoms with Crippen LogP contribution < -0.4 is 0 Å². The van der Waals surface area contributed by atoms with Crippen molar-refractivity contribution >= 4 is 12.6 Å². The fraction of sp³-hybridized carbons (Fsp3) is 0.900. The van der Waals surface area contributed by atoms with Gasteiger partial charge in [-0.25, -0.2) is 0 Å². The first-order chi connectivity index (χ1) is 6.85. The maximum absolute atomic E-state index is 8.49. The van der Waals surface area contributed by atoms with Crippen LogP contribution in [-0.2, 0) is 4.74 Å². The molecule has 0 aliphatic carbocycles. The van der Waals surface area contributed by atoms with Crippen molar-refractivity contribution in [1.29, 1.82) is 5.26 Å². The van der Waals surface area contributed by atoms with Crippen molar-refractivity contribution < 1.29 is 4.74 Å². The van der Waals surface area contributed by atoms with Crippen LogP contribution in [0.2, 0.25) is 0 Å². The third-order valence-corrected chi connectivity index (χ3v) is 2.35. The highest BCUT2D eigenvalue weighted by atomic mass is 32.1. The Morgan fingerprint density at radius 2 is 2.07 bits per heavy atom. The van der Waals surface area contributed by atoms with E-state index in [0.29, 0.717) is 6.42 Å². The maximum Gasteiger partial charge on any atom is 0.0635 e. The fourth-order valence-corrected chi connectivity index (χ4v) is 1.43. The second-order valence-corrected chi connectivity index (χ2v) is 3.62. The predicted molar refractivity (Wildman–Crippen MR) is 61.6 cm³/mol. The molecular formula is C10H20N2OS. The Hall–Kier alpha value is -0.240. The quantitative estimate of drug-likeness (QED) is 0.469. The van der Waals surface area contributed by atoms with Gasteiger partial charge in [0.15, 0.2) is 0 Å². The Bertz CT molecular complexity index is 159. The van der Waals surface area contributed by atoms with Gasteiger partial charge < -0.3 is 9.64 Å². The van der Waals surface area contributed by atoms with Crippen LogP contribution in [0.4, 0.5) is 0 Å². The highest BCUT2D eigenvalue weighted by Crippen LogP contribution is 1.98. The molecule has 0 fully saturated rings. The fourth-order valence-electron chi connectivity index (χ4n) is 1.21. The second kappa shape index (κ2) is 10.8. The zero-order valence-electron chi connectivity index (χ0n) is 8.91. The molecule has 0 aromatic rings. The topological polar surface area (TPSA) is 36.3 Å². The summed E-state index contributed by atoms with van der Waals surface area (Å²) in [7, 11) is 1.70. The predicted octanol–water partition coefficient (Wildman–Crippen LogP) is 1.56. The van der Waals surface area contributed by atoms with Crippen LogP contribution in [0.5, 0.6) is 0 Å². The Kier molecular flexibility index (Phi) is 10.7. The van der Waals surface area contributed by atoms with Crippen LogP contribution in [0.3, 0.4) is 0 Å². The van der Waals surface area contributed by atoms with E-state index in [0.717, 1.165) is 44.8 Å². The number of methoxy groups -OCH3 is 1. The lowest BCUT2D eigenvalue weighted by atomic mass is 10.3. The molecule has 0 atom stereocenters. The molecule has 0 bridgehead atoms. The van der Waals surface area contributed by atoms with Crippen LogP contribution in [0.15, 0.2) is 0 Å². The Balaban J connectivity index is 3.56. The van der Waals surface area contributed by atoms with Crippen molar-refractivity contribution in [3.8, 4) is 6.07 Å². The lowest BCUT2D eigenvalue weighted by Crippen LogP contribution is -2.29. The van der Waals surface area contributed by atoms with Gasteiger partial charge in [0.1, 0.15) is 0 Å². The van der Waals surface area contributed by atoms with Gasteiger partial charge >= 0.3 is 0 Å². The standard InChI is InChI=1S/C10H20N2OS/c1-13-9-8-12(7-4-5-11)6-2-3-10-14/h14H,2-4,6-10H2,1H3. The molecule has 0 saturated heterocycles. The summed E-state index contributed by atoms with van der Waals surface area (Å²) >= 11 is 4.17. The van der Waals surface area contributed by atoms with Crippen LogP contribution in [0.25, 0.3) is 0 Å². The van der Waals surface area contributed by atoms with E-state index in [1.807, 2.05) is 0 Å². The molecule has 4 heteroatoms. The molecule has 0 N–H and O–H groups in total. The summed E-state index contributed by atoms with van der Waals surface area (Å²) < 4.78 is 5.02. The number of rotatable bonds is 9. The van der Waals surface area contributed by atoms with Gasteiger partial charge in [-0.2, -0.15) is 17.9 Å². The minimum absolute atomic E-state index is 0.602. The minimum Gasteiger partial charge on any atom is -0.383 e. The smallest absolute Gasteiger partial charge is 0.0635 e. The molecule has 0 unspecified atom stereocenters. The van der Waals surface area contributed by atoms with Crippen molar-refractivity contribution in [2.45, 2.75) is 19.3 Å². The van der Waals surface area contributed by atoms with Crippen LogP contribution in [0, 0.1) is 11.3 Å². The largest absolute Gasteiger partial charge is 0.383 e. The normalized spacial score (nSPS) is 10.4. The Morgan fingerprint density at radius 3 is 2.64 bits per heavy atom. The number of hydrogen-bond acceptors (Lipinski definition) is 4. The van der Waals surface area contributed by atoms with Crippen molar-refractivity contribution in [3.05, 3.63) is 0 Å². The zero-order valence-corrected chi connectivity index (χ0v) is 9.80. The van der Waals surface area contributed by atoms with Crippen LogP contribution >= 0.6 is 12.6 Å². The molecule has 0 spiro atoms. The van der Waals surface area contributed by atoms with E-state index in [4.69, 9.17) is 10.00 Å². The van der Waals surface area contributed by atoms with Gasteiger partial charge in [-0.15, -0.1) is 0 Å². The van der Waals surface area contributed by atoms with Gasteiger partial charge in [0.2, 0.25) is 0 Å². The second-order valence-electron chi connectivity index (χ2n) is 3.17. The molecule has 0 rings (SSSR count). The van der Waals surface area contributed by atoms with Crippen molar-refractivity contribution in [2.24, 2.45) is 0 Å². The molecule has 0 aliphatic rings. The summed E-state index contributed by atoms with van der Waals surface area (Å²) in [6, 6.07) is 2.17. The average molecular weight is 216 g/mol. The summed E-state index contributed by atoms with van der Waals surface area (Å²) in [5, 5.41) is 8.49. The minimum atomic E-state index is 0.602. The van der Waals surface area contributed by atoms with E-state index in [2.05, 4.69) is 23.6 Å². The number of ether oxygens (including phenoxy) is 1. The number of hydrogen-bond donors (Lipinski definition) is 1. The number of nitrogens with zero attached hydrogens (tertiary/aromatic N) is 2. The lowest BCUT2D eigenvalue weighted by molar-refractivity contribution is 0.148. The summed E-state index contributed by atoms with van der Waals surface area (Å²) in [5.74, 6) is 0.941. The summed E-state index contributed by atoms with van der Waals surface area (Å²) in [4.78, 5) is 2.27.